The van der Waals surface area contributed by atoms with Gasteiger partial charge in [0.05, 0.1) is 5.56 Å². The van der Waals surface area contributed by atoms with Gasteiger partial charge in [0.2, 0.25) is 0 Å². The fourth-order valence-electron chi connectivity index (χ4n) is 1.99. The molecule has 104 valence electrons. The number of hydrogen-bond acceptors (Lipinski definition) is 2. The van der Waals surface area contributed by atoms with Gasteiger partial charge in [0, 0.05) is 12.5 Å². The Morgan fingerprint density at radius 3 is 2.40 bits per heavy atom. The fourth-order valence-corrected chi connectivity index (χ4v) is 1.99. The predicted octanol–water partition coefficient (Wildman–Crippen LogP) is 3.55. The Hall–Kier alpha value is -2.07. The highest BCUT2D eigenvalue weighted by Gasteiger charge is 2.19. The van der Waals surface area contributed by atoms with Crippen LogP contribution in [0.4, 0.5) is 8.78 Å². The molecule has 0 spiro atoms. The molecule has 0 aromatic heterocycles. The van der Waals surface area contributed by atoms with Gasteiger partial charge < -0.3 is 5.73 Å². The minimum atomic E-state index is -1.10. The van der Waals surface area contributed by atoms with Crippen LogP contribution in [0.15, 0.2) is 42.5 Å². The number of hydrogen-bond donors (Lipinski definition) is 1. The molecule has 1 unspecified atom stereocenters. The number of ketones is 1. The lowest BCUT2D eigenvalue weighted by Gasteiger charge is -2.12. The van der Waals surface area contributed by atoms with Gasteiger partial charge in [-0.15, -0.1) is 0 Å². The van der Waals surface area contributed by atoms with Gasteiger partial charge in [0.15, 0.2) is 17.4 Å². The van der Waals surface area contributed by atoms with Crippen molar-refractivity contribution in [1.29, 1.82) is 0 Å². The number of rotatable bonds is 4. The van der Waals surface area contributed by atoms with E-state index in [9.17, 15) is 13.6 Å². The summed E-state index contributed by atoms with van der Waals surface area (Å²) in [4.78, 5) is 12.0. The molecule has 0 aliphatic rings. The van der Waals surface area contributed by atoms with Crippen LogP contribution in [0.3, 0.4) is 0 Å². The van der Waals surface area contributed by atoms with Gasteiger partial charge in [-0.25, -0.2) is 8.78 Å². The maximum absolute atomic E-state index is 13.7. The number of nitrogens with two attached hydrogens (primary N) is 1. The average molecular weight is 275 g/mol. The Morgan fingerprint density at radius 2 is 1.75 bits per heavy atom. The maximum Gasteiger partial charge on any atom is 0.169 e. The lowest BCUT2D eigenvalue weighted by Crippen LogP contribution is -2.16. The molecule has 0 bridgehead atoms. The third-order valence-corrected chi connectivity index (χ3v) is 3.21. The van der Waals surface area contributed by atoms with Gasteiger partial charge in [-0.05, 0) is 24.1 Å². The summed E-state index contributed by atoms with van der Waals surface area (Å²) < 4.78 is 27.2. The SMILES string of the molecule is Cc1ccc(C(=O)CC(N)c2ccccc2)c(F)c1F. The molecule has 20 heavy (non-hydrogen) atoms. The molecule has 0 fully saturated rings. The molecule has 2 aromatic carbocycles. The highest BCUT2D eigenvalue weighted by Crippen LogP contribution is 2.21. The molecular formula is C16H15F2NO. The van der Waals surface area contributed by atoms with Crippen LogP contribution in [-0.2, 0) is 0 Å². The van der Waals surface area contributed by atoms with E-state index in [1.807, 2.05) is 18.2 Å². The second-order valence-corrected chi connectivity index (χ2v) is 4.70. The Labute approximate surface area is 116 Å². The molecule has 0 heterocycles. The molecule has 0 aliphatic carbocycles. The number of halogens is 2. The zero-order valence-electron chi connectivity index (χ0n) is 11.1. The zero-order chi connectivity index (χ0) is 14.7. The predicted molar refractivity (Wildman–Crippen MR) is 73.4 cm³/mol. The van der Waals surface area contributed by atoms with Crippen molar-refractivity contribution in [3.05, 3.63) is 70.8 Å². The molecular weight excluding hydrogens is 260 g/mol. The van der Waals surface area contributed by atoms with Crippen molar-refractivity contribution in [1.82, 2.24) is 0 Å². The lowest BCUT2D eigenvalue weighted by molar-refractivity contribution is 0.0969. The van der Waals surface area contributed by atoms with Crippen molar-refractivity contribution < 1.29 is 13.6 Å². The van der Waals surface area contributed by atoms with E-state index in [1.165, 1.54) is 19.1 Å². The summed E-state index contributed by atoms with van der Waals surface area (Å²) in [5.41, 5.74) is 6.62. The summed E-state index contributed by atoms with van der Waals surface area (Å²) in [7, 11) is 0. The summed E-state index contributed by atoms with van der Waals surface area (Å²) in [5.74, 6) is -2.59. The molecule has 2 rings (SSSR count). The number of carbonyl (C=O) groups is 1. The van der Waals surface area contributed by atoms with Gasteiger partial charge in [-0.2, -0.15) is 0 Å². The Morgan fingerprint density at radius 1 is 1.10 bits per heavy atom. The minimum absolute atomic E-state index is 0.0660. The molecule has 2 N–H and O–H groups in total. The van der Waals surface area contributed by atoms with Gasteiger partial charge in [0.25, 0.3) is 0 Å². The van der Waals surface area contributed by atoms with Crippen LogP contribution < -0.4 is 5.73 Å². The first-order valence-corrected chi connectivity index (χ1v) is 6.29. The van der Waals surface area contributed by atoms with Crippen LogP contribution in [0.25, 0.3) is 0 Å². The normalized spacial score (nSPS) is 12.2. The molecule has 0 saturated carbocycles. The van der Waals surface area contributed by atoms with Crippen LogP contribution in [0.1, 0.15) is 33.9 Å². The Balaban J connectivity index is 2.19. The van der Waals surface area contributed by atoms with E-state index in [0.717, 1.165) is 5.56 Å². The third-order valence-electron chi connectivity index (χ3n) is 3.21. The van der Waals surface area contributed by atoms with E-state index in [2.05, 4.69) is 0 Å². The summed E-state index contributed by atoms with van der Waals surface area (Å²) >= 11 is 0. The van der Waals surface area contributed by atoms with Crippen molar-refractivity contribution in [3.63, 3.8) is 0 Å². The zero-order valence-corrected chi connectivity index (χ0v) is 11.1. The molecule has 0 aliphatic heterocycles. The van der Waals surface area contributed by atoms with Crippen LogP contribution >= 0.6 is 0 Å². The van der Waals surface area contributed by atoms with E-state index in [1.54, 1.807) is 12.1 Å². The van der Waals surface area contributed by atoms with Gasteiger partial charge in [-0.1, -0.05) is 36.4 Å². The second kappa shape index (κ2) is 5.92. The first kappa shape index (κ1) is 14.3. The molecule has 2 aromatic rings. The van der Waals surface area contributed by atoms with Gasteiger partial charge in [0.1, 0.15) is 0 Å². The van der Waals surface area contributed by atoms with E-state index < -0.39 is 23.5 Å². The van der Waals surface area contributed by atoms with Crippen LogP contribution in [0.5, 0.6) is 0 Å². The average Bonchev–Trinajstić information content (AvgIpc) is 2.45. The van der Waals surface area contributed by atoms with Crippen molar-refractivity contribution in [2.75, 3.05) is 0 Å². The number of benzene rings is 2. The van der Waals surface area contributed by atoms with Gasteiger partial charge >= 0.3 is 0 Å². The van der Waals surface area contributed by atoms with Crippen LogP contribution in [0, 0.1) is 18.6 Å². The van der Waals surface area contributed by atoms with E-state index in [0.29, 0.717) is 0 Å². The molecule has 1 atom stereocenters. The fraction of sp³-hybridized carbons (Fsp3) is 0.188. The second-order valence-electron chi connectivity index (χ2n) is 4.70. The first-order valence-electron chi connectivity index (χ1n) is 6.29. The molecule has 0 amide bonds. The quantitative estimate of drug-likeness (QED) is 0.867. The van der Waals surface area contributed by atoms with E-state index in [4.69, 9.17) is 5.73 Å². The summed E-state index contributed by atoms with van der Waals surface area (Å²) in [6.45, 7) is 1.45. The first-order chi connectivity index (χ1) is 9.50. The largest absolute Gasteiger partial charge is 0.324 e. The topological polar surface area (TPSA) is 43.1 Å². The minimum Gasteiger partial charge on any atom is -0.324 e. The third kappa shape index (κ3) is 2.91. The van der Waals surface area contributed by atoms with Gasteiger partial charge in [-0.3, -0.25) is 4.79 Å². The standard InChI is InChI=1S/C16H15F2NO/c1-10-7-8-12(16(18)15(10)17)14(20)9-13(19)11-5-3-2-4-6-11/h2-8,13H,9,19H2,1H3. The van der Waals surface area contributed by atoms with Crippen LogP contribution in [0.2, 0.25) is 0 Å². The lowest BCUT2D eigenvalue weighted by atomic mass is 9.97. The summed E-state index contributed by atoms with van der Waals surface area (Å²) in [6, 6.07) is 11.2. The van der Waals surface area contributed by atoms with Crippen molar-refractivity contribution in [2.24, 2.45) is 5.73 Å². The van der Waals surface area contributed by atoms with Crippen molar-refractivity contribution >= 4 is 5.78 Å². The Kier molecular flexibility index (Phi) is 4.25. The molecule has 0 radical (unpaired) electrons. The molecule has 0 saturated heterocycles. The number of carbonyl (C=O) groups excluding carboxylic acids is 1. The highest BCUT2D eigenvalue weighted by atomic mass is 19.2. The number of aryl methyl sites for hydroxylation is 1. The van der Waals surface area contributed by atoms with E-state index >= 15 is 0 Å². The monoisotopic (exact) mass is 275 g/mol. The highest BCUT2D eigenvalue weighted by molar-refractivity contribution is 5.96. The molecule has 4 heteroatoms. The van der Waals surface area contributed by atoms with Crippen LogP contribution in [-0.4, -0.2) is 5.78 Å². The summed E-state index contributed by atoms with van der Waals surface area (Å²) in [6.07, 6.45) is -0.0660. The van der Waals surface area contributed by atoms with Crippen molar-refractivity contribution in [3.8, 4) is 0 Å². The maximum atomic E-state index is 13.7. The smallest absolute Gasteiger partial charge is 0.169 e. The van der Waals surface area contributed by atoms with E-state index in [-0.39, 0.29) is 17.5 Å². The number of Topliss-reactive ketones (excluding diaryl/α,β-unsaturated/α-hetero) is 1. The Bertz CT molecular complexity index is 626. The molecule has 2 nitrogen and oxygen atoms in total. The van der Waals surface area contributed by atoms with Crippen molar-refractivity contribution in [2.45, 2.75) is 19.4 Å². The summed E-state index contributed by atoms with van der Waals surface area (Å²) in [5, 5.41) is 0.